The maximum Gasteiger partial charge on any atom is 0.331 e. The van der Waals surface area contributed by atoms with Gasteiger partial charge in [-0.1, -0.05) is 6.92 Å². The molecule has 0 amide bonds. The molecule has 0 aromatic heterocycles. The highest BCUT2D eigenvalue weighted by molar-refractivity contribution is 6.05. The van der Waals surface area contributed by atoms with Crippen molar-refractivity contribution in [1.29, 1.82) is 0 Å². The molecule has 1 unspecified atom stereocenters. The first-order chi connectivity index (χ1) is 5.54. The first-order valence-electron chi connectivity index (χ1n) is 4.01. The molecule has 66 valence electrons. The second-order valence-corrected chi connectivity index (χ2v) is 3.21. The van der Waals surface area contributed by atoms with Crippen LogP contribution in [-0.4, -0.2) is 16.9 Å². The monoisotopic (exact) mass is 168 g/mol. The molecule has 3 nitrogen and oxygen atoms in total. The van der Waals surface area contributed by atoms with Crippen molar-refractivity contribution >= 4 is 11.8 Å². The number of ketones is 1. The van der Waals surface area contributed by atoms with Crippen LogP contribution in [0.4, 0.5) is 0 Å². The summed E-state index contributed by atoms with van der Waals surface area (Å²) in [6, 6.07) is 0. The number of carboxylic acids is 1. The summed E-state index contributed by atoms with van der Waals surface area (Å²) in [6.07, 6.45) is 1.41. The average Bonchev–Trinajstić information content (AvgIpc) is 2.32. The molecule has 0 heterocycles. The van der Waals surface area contributed by atoms with Crippen molar-refractivity contribution in [3.05, 3.63) is 11.1 Å². The minimum Gasteiger partial charge on any atom is -0.478 e. The number of carbonyl (C=O) groups excluding carboxylic acids is 1. The van der Waals surface area contributed by atoms with Crippen molar-refractivity contribution in [3.8, 4) is 0 Å². The second kappa shape index (κ2) is 3.09. The Morgan fingerprint density at radius 3 is 2.50 bits per heavy atom. The molecule has 0 saturated heterocycles. The molecule has 0 bridgehead atoms. The van der Waals surface area contributed by atoms with E-state index < -0.39 is 5.97 Å². The van der Waals surface area contributed by atoms with Crippen molar-refractivity contribution in [3.63, 3.8) is 0 Å². The summed E-state index contributed by atoms with van der Waals surface area (Å²) in [6.45, 7) is 3.33. The van der Waals surface area contributed by atoms with Gasteiger partial charge in [0.25, 0.3) is 0 Å². The SMILES string of the molecule is CC(C(=O)O)=C1CCC(C)C1=O. The Morgan fingerprint density at radius 1 is 1.58 bits per heavy atom. The molecule has 1 N–H and O–H groups in total. The van der Waals surface area contributed by atoms with Crippen LogP contribution in [0.25, 0.3) is 0 Å². The molecule has 0 aromatic carbocycles. The number of rotatable bonds is 1. The highest BCUT2D eigenvalue weighted by Crippen LogP contribution is 2.28. The zero-order chi connectivity index (χ0) is 9.30. The molecule has 0 radical (unpaired) electrons. The molecule has 0 aliphatic heterocycles. The first kappa shape index (κ1) is 8.97. The van der Waals surface area contributed by atoms with Crippen LogP contribution in [0, 0.1) is 5.92 Å². The standard InChI is InChI=1S/C9H12O3/c1-5-3-4-7(8(5)10)6(2)9(11)12/h5H,3-4H2,1-2H3,(H,11,12). The topological polar surface area (TPSA) is 54.4 Å². The summed E-state index contributed by atoms with van der Waals surface area (Å²) in [4.78, 5) is 21.9. The Labute approximate surface area is 71.1 Å². The van der Waals surface area contributed by atoms with Crippen molar-refractivity contribution < 1.29 is 14.7 Å². The van der Waals surface area contributed by atoms with Gasteiger partial charge in [-0.25, -0.2) is 4.79 Å². The van der Waals surface area contributed by atoms with Gasteiger partial charge in [-0.3, -0.25) is 4.79 Å². The Balaban J connectivity index is 2.97. The average molecular weight is 168 g/mol. The van der Waals surface area contributed by atoms with Crippen molar-refractivity contribution in [2.45, 2.75) is 26.7 Å². The number of allylic oxidation sites excluding steroid dienone is 1. The van der Waals surface area contributed by atoms with Crippen LogP contribution in [0.3, 0.4) is 0 Å². The minimum atomic E-state index is -0.979. The van der Waals surface area contributed by atoms with E-state index in [1.165, 1.54) is 6.92 Å². The molecule has 1 atom stereocenters. The molecule has 0 aromatic rings. The van der Waals surface area contributed by atoms with Crippen LogP contribution in [0.5, 0.6) is 0 Å². The fourth-order valence-electron chi connectivity index (χ4n) is 1.41. The van der Waals surface area contributed by atoms with E-state index in [2.05, 4.69) is 0 Å². The summed E-state index contributed by atoms with van der Waals surface area (Å²) in [7, 11) is 0. The maximum absolute atomic E-state index is 11.3. The van der Waals surface area contributed by atoms with E-state index in [4.69, 9.17) is 5.11 Å². The van der Waals surface area contributed by atoms with E-state index in [-0.39, 0.29) is 17.3 Å². The fourth-order valence-corrected chi connectivity index (χ4v) is 1.41. The van der Waals surface area contributed by atoms with Gasteiger partial charge in [-0.15, -0.1) is 0 Å². The Kier molecular flexibility index (Phi) is 2.31. The second-order valence-electron chi connectivity index (χ2n) is 3.21. The quantitative estimate of drug-likeness (QED) is 0.602. The molecule has 1 saturated carbocycles. The number of carboxylic acid groups (broad SMARTS) is 1. The minimum absolute atomic E-state index is 0.00861. The van der Waals surface area contributed by atoms with Crippen molar-refractivity contribution in [2.24, 2.45) is 5.92 Å². The summed E-state index contributed by atoms with van der Waals surface area (Å²) < 4.78 is 0. The van der Waals surface area contributed by atoms with E-state index in [0.717, 1.165) is 6.42 Å². The van der Waals surface area contributed by atoms with Gasteiger partial charge < -0.3 is 5.11 Å². The molecule has 3 heteroatoms. The smallest absolute Gasteiger partial charge is 0.331 e. The normalized spacial score (nSPS) is 27.5. The maximum atomic E-state index is 11.3. The lowest BCUT2D eigenvalue weighted by Crippen LogP contribution is -2.08. The lowest BCUT2D eigenvalue weighted by atomic mass is 10.1. The van der Waals surface area contributed by atoms with Crippen LogP contribution in [0.1, 0.15) is 26.7 Å². The molecular weight excluding hydrogens is 156 g/mol. The van der Waals surface area contributed by atoms with Crippen LogP contribution in [0.2, 0.25) is 0 Å². The Bertz CT molecular complexity index is 263. The molecule has 0 spiro atoms. The number of aliphatic carboxylic acids is 1. The third-order valence-corrected chi connectivity index (χ3v) is 2.35. The predicted molar refractivity (Wildman–Crippen MR) is 43.7 cm³/mol. The van der Waals surface area contributed by atoms with Crippen LogP contribution in [-0.2, 0) is 9.59 Å². The lowest BCUT2D eigenvalue weighted by Gasteiger charge is -1.99. The van der Waals surface area contributed by atoms with E-state index in [9.17, 15) is 9.59 Å². The molecule has 1 aliphatic carbocycles. The Hall–Kier alpha value is -1.12. The van der Waals surface area contributed by atoms with Gasteiger partial charge in [0.1, 0.15) is 0 Å². The van der Waals surface area contributed by atoms with Gasteiger partial charge in [-0.2, -0.15) is 0 Å². The van der Waals surface area contributed by atoms with Crippen LogP contribution >= 0.6 is 0 Å². The number of hydrogen-bond donors (Lipinski definition) is 1. The number of Topliss-reactive ketones (excluding diaryl/α,β-unsaturated/α-hetero) is 1. The summed E-state index contributed by atoms with van der Waals surface area (Å²) >= 11 is 0. The van der Waals surface area contributed by atoms with Gasteiger partial charge in [0, 0.05) is 17.1 Å². The largest absolute Gasteiger partial charge is 0.478 e. The number of hydrogen-bond acceptors (Lipinski definition) is 2. The highest BCUT2D eigenvalue weighted by atomic mass is 16.4. The molecule has 1 aliphatic rings. The zero-order valence-corrected chi connectivity index (χ0v) is 7.26. The summed E-state index contributed by atoms with van der Waals surface area (Å²) in [5, 5.41) is 8.64. The predicted octanol–water partition coefficient (Wildman–Crippen LogP) is 1.39. The summed E-state index contributed by atoms with van der Waals surface area (Å²) in [5.41, 5.74) is 0.722. The van der Waals surface area contributed by atoms with Gasteiger partial charge in [0.2, 0.25) is 0 Å². The van der Waals surface area contributed by atoms with Crippen LogP contribution in [0.15, 0.2) is 11.1 Å². The van der Waals surface area contributed by atoms with Gasteiger partial charge in [0.05, 0.1) is 0 Å². The van der Waals surface area contributed by atoms with Gasteiger partial charge in [-0.05, 0) is 19.8 Å². The third kappa shape index (κ3) is 1.40. The molecular formula is C9H12O3. The van der Waals surface area contributed by atoms with Crippen LogP contribution < -0.4 is 0 Å². The highest BCUT2D eigenvalue weighted by Gasteiger charge is 2.28. The van der Waals surface area contributed by atoms with Crippen molar-refractivity contribution in [2.75, 3.05) is 0 Å². The molecule has 12 heavy (non-hydrogen) atoms. The van der Waals surface area contributed by atoms with E-state index in [1.807, 2.05) is 6.92 Å². The van der Waals surface area contributed by atoms with Crippen molar-refractivity contribution in [1.82, 2.24) is 0 Å². The van der Waals surface area contributed by atoms with Gasteiger partial charge in [0.15, 0.2) is 5.78 Å². The van der Waals surface area contributed by atoms with E-state index in [1.54, 1.807) is 0 Å². The number of carbonyl (C=O) groups is 2. The van der Waals surface area contributed by atoms with Gasteiger partial charge >= 0.3 is 5.97 Å². The third-order valence-electron chi connectivity index (χ3n) is 2.35. The first-order valence-corrected chi connectivity index (χ1v) is 4.01. The molecule has 1 rings (SSSR count). The summed E-state index contributed by atoms with van der Waals surface area (Å²) in [5.74, 6) is -0.961. The van der Waals surface area contributed by atoms with E-state index in [0.29, 0.717) is 12.0 Å². The van der Waals surface area contributed by atoms with E-state index >= 15 is 0 Å². The Morgan fingerprint density at radius 2 is 2.17 bits per heavy atom. The zero-order valence-electron chi connectivity index (χ0n) is 7.26. The molecule has 1 fully saturated rings. The lowest BCUT2D eigenvalue weighted by molar-refractivity contribution is -0.133. The fraction of sp³-hybridized carbons (Fsp3) is 0.556.